The van der Waals surface area contributed by atoms with Gasteiger partial charge in [0.05, 0.1) is 5.56 Å². The molecule has 0 spiro atoms. The molecule has 1 saturated heterocycles. The first-order valence-corrected chi connectivity index (χ1v) is 8.63. The van der Waals surface area contributed by atoms with Gasteiger partial charge in [0.1, 0.15) is 17.6 Å². The Bertz CT molecular complexity index is 809. The average molecular weight is 382 g/mol. The van der Waals surface area contributed by atoms with Gasteiger partial charge < -0.3 is 14.7 Å². The third kappa shape index (κ3) is 4.23. The summed E-state index contributed by atoms with van der Waals surface area (Å²) in [6, 6.07) is 3.42. The van der Waals surface area contributed by atoms with Crippen molar-refractivity contribution in [2.75, 3.05) is 16.8 Å². The molecule has 0 bridgehead atoms. The van der Waals surface area contributed by atoms with Crippen LogP contribution < -0.4 is 10.2 Å². The molecule has 0 aromatic carbocycles. The van der Waals surface area contributed by atoms with Crippen LogP contribution in [-0.4, -0.2) is 28.6 Å². The molecule has 1 fully saturated rings. The third-order valence-corrected chi connectivity index (χ3v) is 4.43. The molecule has 27 heavy (non-hydrogen) atoms. The lowest BCUT2D eigenvalue weighted by atomic mass is 9.93. The van der Waals surface area contributed by atoms with Crippen molar-refractivity contribution in [3.8, 4) is 0 Å². The van der Waals surface area contributed by atoms with E-state index in [0.29, 0.717) is 30.4 Å². The van der Waals surface area contributed by atoms with E-state index in [4.69, 9.17) is 4.52 Å². The highest BCUT2D eigenvalue weighted by molar-refractivity contribution is 5.96. The lowest BCUT2D eigenvalue weighted by Crippen LogP contribution is -2.40. The van der Waals surface area contributed by atoms with E-state index in [-0.39, 0.29) is 11.3 Å². The Labute approximate surface area is 154 Å². The Kier molecular flexibility index (Phi) is 4.88. The summed E-state index contributed by atoms with van der Waals surface area (Å²) >= 11 is 0. The number of hydrogen-bond donors (Lipinski definition) is 1. The van der Waals surface area contributed by atoms with Gasteiger partial charge in [0.25, 0.3) is 0 Å². The summed E-state index contributed by atoms with van der Waals surface area (Å²) in [5.74, 6) is 1.02. The van der Waals surface area contributed by atoms with Crippen LogP contribution in [0.4, 0.5) is 24.8 Å². The van der Waals surface area contributed by atoms with E-state index < -0.39 is 17.8 Å². The van der Waals surface area contributed by atoms with Crippen molar-refractivity contribution in [3.63, 3.8) is 0 Å². The first kappa shape index (κ1) is 19.2. The second-order valence-corrected chi connectivity index (χ2v) is 7.57. The van der Waals surface area contributed by atoms with Gasteiger partial charge in [0.15, 0.2) is 5.82 Å². The fourth-order valence-corrected chi connectivity index (χ4v) is 2.93. The number of nitrogens with zero attached hydrogens (tertiary/aromatic N) is 3. The Hall–Kier alpha value is -2.58. The van der Waals surface area contributed by atoms with Crippen molar-refractivity contribution in [2.45, 2.75) is 51.2 Å². The fourth-order valence-electron chi connectivity index (χ4n) is 2.93. The highest BCUT2D eigenvalue weighted by Gasteiger charge is 2.34. The third-order valence-electron chi connectivity index (χ3n) is 4.43. The molecule has 9 heteroatoms. The Morgan fingerprint density at radius 3 is 2.59 bits per heavy atom. The zero-order chi connectivity index (χ0) is 19.8. The number of hydrogen-bond acceptors (Lipinski definition) is 5. The van der Waals surface area contributed by atoms with Crippen molar-refractivity contribution in [2.24, 2.45) is 0 Å². The molecule has 0 radical (unpaired) electrons. The molecule has 1 N–H and O–H groups in total. The normalized spacial score (nSPS) is 18.0. The van der Waals surface area contributed by atoms with E-state index in [2.05, 4.69) is 15.5 Å². The van der Waals surface area contributed by atoms with Crippen molar-refractivity contribution in [3.05, 3.63) is 35.7 Å². The minimum Gasteiger partial charge on any atom is -0.359 e. The monoisotopic (exact) mass is 382 g/mol. The Morgan fingerprint density at radius 1 is 1.30 bits per heavy atom. The van der Waals surface area contributed by atoms with Crippen LogP contribution in [0.15, 0.2) is 28.9 Å². The molecule has 1 amide bonds. The molecule has 2 aromatic rings. The van der Waals surface area contributed by atoms with Crippen LogP contribution in [0.3, 0.4) is 0 Å². The van der Waals surface area contributed by atoms with E-state index >= 15 is 0 Å². The van der Waals surface area contributed by atoms with E-state index in [9.17, 15) is 18.0 Å². The number of amides is 1. The molecular formula is C18H21F3N4O2. The maximum Gasteiger partial charge on any atom is 0.417 e. The lowest BCUT2D eigenvalue weighted by molar-refractivity contribution is -0.137. The SMILES string of the molecule is CC(C)(C)c1cc(NC(=O)[C@@H]2CCCN2c2ccc(C(F)(F)F)cn2)no1. The quantitative estimate of drug-likeness (QED) is 0.869. The summed E-state index contributed by atoms with van der Waals surface area (Å²) in [6.07, 6.45) is -2.33. The number of carbonyl (C=O) groups is 1. The van der Waals surface area contributed by atoms with Gasteiger partial charge >= 0.3 is 6.18 Å². The first-order valence-electron chi connectivity index (χ1n) is 8.63. The molecule has 3 heterocycles. The summed E-state index contributed by atoms with van der Waals surface area (Å²) in [4.78, 5) is 18.2. The second-order valence-electron chi connectivity index (χ2n) is 7.57. The molecule has 1 aliphatic heterocycles. The predicted octanol–water partition coefficient (Wildman–Crippen LogP) is 3.99. The number of rotatable bonds is 3. The highest BCUT2D eigenvalue weighted by atomic mass is 19.4. The number of halogens is 3. The maximum absolute atomic E-state index is 12.7. The lowest BCUT2D eigenvalue weighted by Gasteiger charge is -2.24. The van der Waals surface area contributed by atoms with E-state index in [0.717, 1.165) is 18.7 Å². The predicted molar refractivity (Wildman–Crippen MR) is 93.4 cm³/mol. The summed E-state index contributed by atoms with van der Waals surface area (Å²) in [5.41, 5.74) is -1.05. The molecular weight excluding hydrogens is 361 g/mol. The van der Waals surface area contributed by atoms with Gasteiger partial charge in [-0.15, -0.1) is 0 Å². The molecule has 1 atom stereocenters. The van der Waals surface area contributed by atoms with Crippen LogP contribution in [0, 0.1) is 0 Å². The van der Waals surface area contributed by atoms with Gasteiger partial charge in [-0.05, 0) is 25.0 Å². The smallest absolute Gasteiger partial charge is 0.359 e. The Morgan fingerprint density at radius 2 is 2.04 bits per heavy atom. The van der Waals surface area contributed by atoms with Crippen molar-refractivity contribution < 1.29 is 22.5 Å². The van der Waals surface area contributed by atoms with E-state index in [1.54, 1.807) is 11.0 Å². The molecule has 0 saturated carbocycles. The molecule has 3 rings (SSSR count). The zero-order valence-electron chi connectivity index (χ0n) is 15.3. The van der Waals surface area contributed by atoms with Gasteiger partial charge in [-0.1, -0.05) is 25.9 Å². The molecule has 0 aliphatic carbocycles. The van der Waals surface area contributed by atoms with Crippen LogP contribution in [0.2, 0.25) is 0 Å². The van der Waals surface area contributed by atoms with Gasteiger partial charge in [0.2, 0.25) is 5.91 Å². The molecule has 6 nitrogen and oxygen atoms in total. The summed E-state index contributed by atoms with van der Waals surface area (Å²) in [7, 11) is 0. The number of alkyl halides is 3. The van der Waals surface area contributed by atoms with Crippen molar-refractivity contribution in [1.82, 2.24) is 10.1 Å². The summed E-state index contributed by atoms with van der Waals surface area (Å²) in [6.45, 7) is 6.44. The van der Waals surface area contributed by atoms with Crippen LogP contribution in [0.1, 0.15) is 44.9 Å². The first-order chi connectivity index (χ1) is 12.6. The highest BCUT2D eigenvalue weighted by Crippen LogP contribution is 2.31. The van der Waals surface area contributed by atoms with E-state index in [1.807, 2.05) is 20.8 Å². The number of anilines is 2. The fraction of sp³-hybridized carbons (Fsp3) is 0.500. The maximum atomic E-state index is 12.7. The van der Waals surface area contributed by atoms with Crippen LogP contribution in [0.5, 0.6) is 0 Å². The zero-order valence-corrected chi connectivity index (χ0v) is 15.3. The standard InChI is InChI=1S/C18H21F3N4O2/c1-17(2,3)13-9-14(24-27-13)23-16(26)12-5-4-8-25(12)15-7-6-11(10-22-15)18(19,20)21/h6-7,9-10,12H,4-5,8H2,1-3H3,(H,23,24,26)/t12-/m0/s1. The van der Waals surface area contributed by atoms with Gasteiger partial charge in [-0.3, -0.25) is 4.79 Å². The summed E-state index contributed by atoms with van der Waals surface area (Å²) in [5, 5.41) is 6.58. The minimum absolute atomic E-state index is 0.237. The number of nitrogens with one attached hydrogen (secondary N) is 1. The number of pyridine rings is 1. The largest absolute Gasteiger partial charge is 0.417 e. The second kappa shape index (κ2) is 6.86. The molecule has 146 valence electrons. The van der Waals surface area contributed by atoms with Gasteiger partial charge in [-0.25, -0.2) is 4.98 Å². The van der Waals surface area contributed by atoms with E-state index in [1.165, 1.54) is 6.07 Å². The van der Waals surface area contributed by atoms with Crippen molar-refractivity contribution in [1.29, 1.82) is 0 Å². The average Bonchev–Trinajstić information content (AvgIpc) is 3.22. The summed E-state index contributed by atoms with van der Waals surface area (Å²) < 4.78 is 43.3. The molecule has 0 unspecified atom stereocenters. The number of carbonyl (C=O) groups excluding carboxylic acids is 1. The van der Waals surface area contributed by atoms with Crippen LogP contribution >= 0.6 is 0 Å². The van der Waals surface area contributed by atoms with Crippen LogP contribution in [-0.2, 0) is 16.4 Å². The number of aromatic nitrogens is 2. The Balaban J connectivity index is 1.72. The van der Waals surface area contributed by atoms with Gasteiger partial charge in [-0.2, -0.15) is 13.2 Å². The molecule has 1 aliphatic rings. The van der Waals surface area contributed by atoms with Crippen LogP contribution in [0.25, 0.3) is 0 Å². The topological polar surface area (TPSA) is 71.3 Å². The minimum atomic E-state index is -4.44. The van der Waals surface area contributed by atoms with Crippen molar-refractivity contribution >= 4 is 17.5 Å². The molecule has 2 aromatic heterocycles. The van der Waals surface area contributed by atoms with Gasteiger partial charge in [0, 0.05) is 24.2 Å².